The number of sulfonamides is 1. The fourth-order valence-electron chi connectivity index (χ4n) is 3.54. The number of aromatic nitrogens is 5. The Balaban J connectivity index is 1.50. The highest BCUT2D eigenvalue weighted by atomic mass is 32.2. The van der Waals surface area contributed by atoms with Crippen LogP contribution in [0.25, 0.3) is 5.69 Å². The van der Waals surface area contributed by atoms with Crippen LogP contribution < -0.4 is 15.4 Å². The predicted octanol–water partition coefficient (Wildman–Crippen LogP) is 3.15. The Morgan fingerprint density at radius 2 is 1.76 bits per heavy atom. The molecule has 4 rings (SSSR count). The Labute approximate surface area is 255 Å². The van der Waals surface area contributed by atoms with Gasteiger partial charge in [-0.25, -0.2) is 12.7 Å². The molecule has 0 atom stereocenters. The van der Waals surface area contributed by atoms with Crippen molar-refractivity contribution < 1.29 is 22.7 Å². The number of hydrogen-bond acceptors (Lipinski definition) is 12. The number of ether oxygens (including phenoxy) is 1. The Morgan fingerprint density at radius 1 is 1.02 bits per heavy atom. The quantitative estimate of drug-likeness (QED) is 0.162. The second-order valence-electron chi connectivity index (χ2n) is 8.54. The van der Waals surface area contributed by atoms with Gasteiger partial charge >= 0.3 is 0 Å². The summed E-state index contributed by atoms with van der Waals surface area (Å²) in [6, 6.07) is 12.9. The minimum Gasteiger partial charge on any atom is -0.495 e. The average Bonchev–Trinajstić information content (AvgIpc) is 3.61. The Hall–Kier alpha value is -3.51. The van der Waals surface area contributed by atoms with Gasteiger partial charge in [-0.2, -0.15) is 0 Å². The van der Waals surface area contributed by atoms with Gasteiger partial charge in [-0.3, -0.25) is 19.5 Å². The average molecular weight is 649 g/mol. The van der Waals surface area contributed by atoms with Gasteiger partial charge in [0.25, 0.3) is 5.91 Å². The highest BCUT2D eigenvalue weighted by molar-refractivity contribution is 8.01. The van der Waals surface area contributed by atoms with Gasteiger partial charge in [-0.15, -0.1) is 20.4 Å². The van der Waals surface area contributed by atoms with Crippen LogP contribution in [-0.4, -0.2) is 82.2 Å². The van der Waals surface area contributed by atoms with Crippen molar-refractivity contribution in [3.63, 3.8) is 0 Å². The summed E-state index contributed by atoms with van der Waals surface area (Å²) in [5.41, 5.74) is 0.903. The Bertz CT molecular complexity index is 1660. The molecule has 0 aliphatic carbocycles. The minimum absolute atomic E-state index is 0.00293. The summed E-state index contributed by atoms with van der Waals surface area (Å²) in [4.78, 5) is 25.6. The van der Waals surface area contributed by atoms with E-state index in [1.54, 1.807) is 22.4 Å². The molecule has 2 amide bonds. The van der Waals surface area contributed by atoms with Gasteiger partial charge in [0.15, 0.2) is 15.3 Å². The van der Waals surface area contributed by atoms with Crippen LogP contribution in [0.4, 0.5) is 5.13 Å². The number of hydrogen-bond donors (Lipinski definition) is 2. The van der Waals surface area contributed by atoms with Gasteiger partial charge in [0.1, 0.15) is 5.75 Å². The fourth-order valence-corrected chi connectivity index (χ4v) is 6.87. The molecule has 17 heteroatoms. The molecule has 2 aromatic carbocycles. The number of benzene rings is 2. The molecule has 0 spiro atoms. The summed E-state index contributed by atoms with van der Waals surface area (Å²) in [7, 11) is 0.801. The summed E-state index contributed by atoms with van der Waals surface area (Å²) in [6.07, 6.45) is 0. The number of carbonyl (C=O) groups excluding carboxylic acids is 2. The van der Waals surface area contributed by atoms with E-state index in [1.165, 1.54) is 56.8 Å². The van der Waals surface area contributed by atoms with Gasteiger partial charge in [-0.1, -0.05) is 53.9 Å². The van der Waals surface area contributed by atoms with Crippen LogP contribution in [0.1, 0.15) is 23.1 Å². The third-order valence-corrected chi connectivity index (χ3v) is 10.2. The number of nitrogens with zero attached hydrogens (tertiary/aromatic N) is 6. The number of para-hydroxylation sites is 2. The number of amides is 2. The first-order valence-electron chi connectivity index (χ1n) is 12.4. The van der Waals surface area contributed by atoms with E-state index in [0.29, 0.717) is 27.5 Å². The zero-order chi connectivity index (χ0) is 30.3. The first-order valence-corrected chi connectivity index (χ1v) is 16.6. The smallest absolute Gasteiger partial charge is 0.251 e. The van der Waals surface area contributed by atoms with Gasteiger partial charge in [0, 0.05) is 19.7 Å². The summed E-state index contributed by atoms with van der Waals surface area (Å²) in [5.74, 6) is 1.11. The summed E-state index contributed by atoms with van der Waals surface area (Å²) < 4.78 is 33.8. The van der Waals surface area contributed by atoms with E-state index >= 15 is 0 Å². The molecule has 2 heterocycles. The lowest BCUT2D eigenvalue weighted by Crippen LogP contribution is -2.25. The van der Waals surface area contributed by atoms with E-state index in [-0.39, 0.29) is 28.7 Å². The van der Waals surface area contributed by atoms with Crippen LogP contribution in [0.2, 0.25) is 0 Å². The van der Waals surface area contributed by atoms with Crippen molar-refractivity contribution in [3.05, 3.63) is 59.9 Å². The van der Waals surface area contributed by atoms with Gasteiger partial charge in [-0.05, 0) is 42.2 Å². The molecule has 0 bridgehead atoms. The third-order valence-electron chi connectivity index (χ3n) is 5.58. The van der Waals surface area contributed by atoms with E-state index in [9.17, 15) is 18.0 Å². The maximum absolute atomic E-state index is 12.9. The van der Waals surface area contributed by atoms with Crippen LogP contribution in [0, 0.1) is 0 Å². The van der Waals surface area contributed by atoms with E-state index in [1.807, 2.05) is 25.1 Å². The Kier molecular flexibility index (Phi) is 10.6. The monoisotopic (exact) mass is 648 g/mol. The second-order valence-corrected chi connectivity index (χ2v) is 14.1. The minimum atomic E-state index is -3.62. The third kappa shape index (κ3) is 7.46. The number of carbonyl (C=O) groups is 2. The van der Waals surface area contributed by atoms with Gasteiger partial charge in [0.2, 0.25) is 21.1 Å². The largest absolute Gasteiger partial charge is 0.495 e. The standard InChI is InChI=1S/C25H28N8O5S4/c1-5-39-25-31-29-23(41-25)27-21(34)15-40-24-30-28-20(33(24)18-8-6-7-9-19(18)38-4)14-26-22(35)16-10-12-17(13-11-16)42(36,37)32(2)3/h6-13H,5,14-15H2,1-4H3,(H,26,35)(H,27,29,34). The first-order chi connectivity index (χ1) is 20.1. The zero-order valence-electron chi connectivity index (χ0n) is 23.1. The fraction of sp³-hybridized carbons (Fsp3) is 0.280. The molecule has 222 valence electrons. The number of rotatable bonds is 13. The lowest BCUT2D eigenvalue weighted by Gasteiger charge is -2.14. The number of methoxy groups -OCH3 is 1. The first kappa shape index (κ1) is 31.4. The summed E-state index contributed by atoms with van der Waals surface area (Å²) >= 11 is 4.01. The Morgan fingerprint density at radius 3 is 2.45 bits per heavy atom. The van der Waals surface area contributed by atoms with Crippen molar-refractivity contribution in [3.8, 4) is 11.4 Å². The maximum Gasteiger partial charge on any atom is 0.251 e. The molecule has 13 nitrogen and oxygen atoms in total. The molecule has 0 saturated heterocycles. The van der Waals surface area contributed by atoms with Gasteiger partial charge < -0.3 is 10.1 Å². The molecule has 2 N–H and O–H groups in total. The molecule has 0 saturated carbocycles. The SMILES string of the molecule is CCSc1nnc(NC(=O)CSc2nnc(CNC(=O)c3ccc(S(=O)(=O)N(C)C)cc3)n2-c2ccccc2OC)s1. The van der Waals surface area contributed by atoms with Gasteiger partial charge in [0.05, 0.1) is 30.0 Å². The number of anilines is 1. The summed E-state index contributed by atoms with van der Waals surface area (Å²) in [6.45, 7) is 2.01. The molecule has 0 aliphatic rings. The highest BCUT2D eigenvalue weighted by Crippen LogP contribution is 2.29. The molecule has 4 aromatic rings. The van der Waals surface area contributed by atoms with Crippen LogP contribution in [0.15, 0.2) is 62.9 Å². The van der Waals surface area contributed by atoms with E-state index < -0.39 is 15.9 Å². The maximum atomic E-state index is 12.9. The molecule has 0 fully saturated rings. The zero-order valence-corrected chi connectivity index (χ0v) is 26.4. The second kappa shape index (κ2) is 14.1. The van der Waals surface area contributed by atoms with Crippen molar-refractivity contribution in [1.29, 1.82) is 0 Å². The lowest BCUT2D eigenvalue weighted by atomic mass is 10.2. The number of thioether (sulfide) groups is 2. The topological polar surface area (TPSA) is 161 Å². The van der Waals surface area contributed by atoms with E-state index in [0.717, 1.165) is 26.2 Å². The molecular formula is C25H28N8O5S4. The molecule has 0 aliphatic heterocycles. The predicted molar refractivity (Wildman–Crippen MR) is 162 cm³/mol. The molecule has 2 aromatic heterocycles. The van der Waals surface area contributed by atoms with Crippen molar-refractivity contribution in [2.24, 2.45) is 0 Å². The molecule has 42 heavy (non-hydrogen) atoms. The van der Waals surface area contributed by atoms with E-state index in [4.69, 9.17) is 4.74 Å². The van der Waals surface area contributed by atoms with Crippen LogP contribution in [0.5, 0.6) is 5.75 Å². The van der Waals surface area contributed by atoms with Crippen molar-refractivity contribution in [2.45, 2.75) is 27.9 Å². The summed E-state index contributed by atoms with van der Waals surface area (Å²) in [5, 5.41) is 23.0. The normalized spacial score (nSPS) is 11.5. The highest BCUT2D eigenvalue weighted by Gasteiger charge is 2.21. The van der Waals surface area contributed by atoms with Crippen LogP contribution in [-0.2, 0) is 21.4 Å². The molecule has 0 unspecified atom stereocenters. The van der Waals surface area contributed by atoms with Crippen molar-refractivity contribution in [2.75, 3.05) is 38.0 Å². The van der Waals surface area contributed by atoms with Crippen molar-refractivity contribution >= 4 is 61.8 Å². The van der Waals surface area contributed by atoms with Crippen LogP contribution >= 0.6 is 34.9 Å². The van der Waals surface area contributed by atoms with E-state index in [2.05, 4.69) is 31.0 Å². The lowest BCUT2D eigenvalue weighted by molar-refractivity contribution is -0.113. The number of nitrogens with one attached hydrogen (secondary N) is 2. The molecular weight excluding hydrogens is 621 g/mol. The van der Waals surface area contributed by atoms with Crippen LogP contribution in [0.3, 0.4) is 0 Å². The van der Waals surface area contributed by atoms with Crippen molar-refractivity contribution in [1.82, 2.24) is 34.6 Å². The molecule has 0 radical (unpaired) electrons.